The van der Waals surface area contributed by atoms with Crippen molar-refractivity contribution in [3.05, 3.63) is 0 Å². The van der Waals surface area contributed by atoms with Crippen molar-refractivity contribution in [2.75, 3.05) is 63.2 Å². The molecule has 0 aromatic heterocycles. The van der Waals surface area contributed by atoms with E-state index < -0.39 is 43.2 Å². The molecule has 0 radical (unpaired) electrons. The maximum absolute atomic E-state index is 11.2. The van der Waals surface area contributed by atoms with E-state index in [-0.39, 0.29) is 7.43 Å². The third-order valence-electron chi connectivity index (χ3n) is 2.73. The molecule has 0 aromatic carbocycles. The summed E-state index contributed by atoms with van der Waals surface area (Å²) in [5, 5.41) is 20.6. The van der Waals surface area contributed by atoms with E-state index in [4.69, 9.17) is 20.1 Å². The number of urea groups is 2. The number of rotatable bonds is 2. The van der Waals surface area contributed by atoms with Gasteiger partial charge in [0, 0.05) is 56.4 Å². The second-order valence-electron chi connectivity index (χ2n) is 5.04. The van der Waals surface area contributed by atoms with Crippen molar-refractivity contribution < 1.29 is 68.1 Å². The molecule has 0 aromatic rings. The summed E-state index contributed by atoms with van der Waals surface area (Å²) in [4.78, 5) is 97.6. The fraction of sp³-hybridized carbons (Fsp3) is 0.556. The summed E-state index contributed by atoms with van der Waals surface area (Å²) in [6.07, 6.45) is -1.06. The minimum atomic E-state index is -1.00. The molecule has 40 heavy (non-hydrogen) atoms. The van der Waals surface area contributed by atoms with Gasteiger partial charge in [-0.2, -0.15) is 0 Å². The molecule has 232 valence electrons. The largest absolute Gasteiger partial charge is 0.450 e. The van der Waals surface area contributed by atoms with Gasteiger partial charge in [-0.15, -0.1) is 0 Å². The molecule has 0 aliphatic heterocycles. The number of imide groups is 2. The molecule has 0 aliphatic rings. The Bertz CT molecular complexity index is 763. The first kappa shape index (κ1) is 47.8. The highest BCUT2D eigenvalue weighted by atomic mass is 17.2. The van der Waals surface area contributed by atoms with Crippen molar-refractivity contribution in [1.29, 1.82) is 0 Å². The summed E-state index contributed by atoms with van der Waals surface area (Å²) < 4.78 is 8.97. The SMILES string of the molecule is C.CN=C=O.CN=C=O.CNC(=O)N(C)C(=O)OCOC(=O)N(C)C(=O)NC.CNC(=O)OOC(=O)NC.OO. The van der Waals surface area contributed by atoms with E-state index in [0.717, 1.165) is 0 Å². The van der Waals surface area contributed by atoms with Gasteiger partial charge in [0.2, 0.25) is 19.0 Å². The van der Waals surface area contributed by atoms with E-state index >= 15 is 0 Å². The molecule has 0 unspecified atom stereocenters. The van der Waals surface area contributed by atoms with Crippen molar-refractivity contribution in [2.24, 2.45) is 9.98 Å². The maximum Gasteiger partial charge on any atom is 0.450 e. The van der Waals surface area contributed by atoms with Crippen LogP contribution in [0.4, 0.5) is 28.8 Å². The highest BCUT2D eigenvalue weighted by Crippen LogP contribution is 1.95. The number of carbonyl (C=O) groups excluding carboxylic acids is 8. The van der Waals surface area contributed by atoms with Crippen molar-refractivity contribution >= 4 is 48.6 Å². The molecule has 8 amide bonds. The van der Waals surface area contributed by atoms with Crippen molar-refractivity contribution in [2.45, 2.75) is 7.43 Å². The summed E-state index contributed by atoms with van der Waals surface area (Å²) in [5.74, 6) is 0. The van der Waals surface area contributed by atoms with Crippen LogP contribution in [0.5, 0.6) is 0 Å². The van der Waals surface area contributed by atoms with Gasteiger partial charge in [-0.05, 0) is 0 Å². The number of ether oxygens (including phenoxy) is 2. The molecule has 0 spiro atoms. The zero-order valence-corrected chi connectivity index (χ0v) is 22.3. The van der Waals surface area contributed by atoms with Crippen LogP contribution in [-0.2, 0) is 28.8 Å². The Kier molecular flexibility index (Phi) is 42.9. The lowest BCUT2D eigenvalue weighted by molar-refractivity contribution is -0.177. The minimum Gasteiger partial charge on any atom is -0.411 e. The highest BCUT2D eigenvalue weighted by molar-refractivity contribution is 5.91. The molecular formula is C18H36N8O14. The van der Waals surface area contributed by atoms with Crippen LogP contribution in [-0.4, -0.2) is 132 Å². The van der Waals surface area contributed by atoms with E-state index in [0.29, 0.717) is 9.80 Å². The molecule has 0 atom stereocenters. The quantitative estimate of drug-likeness (QED) is 0.0809. The molecule has 22 nitrogen and oxygen atoms in total. The molecule has 0 heterocycles. The van der Waals surface area contributed by atoms with Gasteiger partial charge in [0.1, 0.15) is 0 Å². The van der Waals surface area contributed by atoms with Crippen LogP contribution in [0.3, 0.4) is 0 Å². The Hall–Kier alpha value is -5.30. The second kappa shape index (κ2) is 35.9. The van der Waals surface area contributed by atoms with Gasteiger partial charge in [0.05, 0.1) is 0 Å². The van der Waals surface area contributed by atoms with E-state index in [9.17, 15) is 28.8 Å². The summed E-state index contributed by atoms with van der Waals surface area (Å²) >= 11 is 0. The lowest BCUT2D eigenvalue weighted by Gasteiger charge is -2.16. The zero-order chi connectivity index (χ0) is 31.8. The van der Waals surface area contributed by atoms with E-state index in [1.165, 1.54) is 68.5 Å². The van der Waals surface area contributed by atoms with Crippen LogP contribution >= 0.6 is 0 Å². The van der Waals surface area contributed by atoms with Crippen LogP contribution in [0.2, 0.25) is 0 Å². The fourth-order valence-electron chi connectivity index (χ4n) is 0.984. The maximum atomic E-state index is 11.2. The Morgan fingerprint density at radius 2 is 0.925 bits per heavy atom. The van der Waals surface area contributed by atoms with Gasteiger partial charge in [-0.1, -0.05) is 7.43 Å². The smallest absolute Gasteiger partial charge is 0.411 e. The van der Waals surface area contributed by atoms with Gasteiger partial charge in [-0.25, -0.2) is 67.9 Å². The minimum absolute atomic E-state index is 0. The molecule has 22 heteroatoms. The molecule has 6 N–H and O–H groups in total. The number of hydrogen-bond donors (Lipinski definition) is 6. The van der Waals surface area contributed by atoms with E-state index in [2.05, 4.69) is 50.5 Å². The van der Waals surface area contributed by atoms with E-state index in [1.807, 2.05) is 0 Å². The average molecular weight is 589 g/mol. The third-order valence-corrected chi connectivity index (χ3v) is 2.73. The van der Waals surface area contributed by atoms with Crippen molar-refractivity contribution in [3.63, 3.8) is 0 Å². The number of nitrogens with zero attached hydrogens (tertiary/aromatic N) is 4. The van der Waals surface area contributed by atoms with Crippen LogP contribution in [0.1, 0.15) is 7.43 Å². The summed E-state index contributed by atoms with van der Waals surface area (Å²) in [6, 6.07) is -1.36. The van der Waals surface area contributed by atoms with Crippen LogP contribution in [0.15, 0.2) is 9.98 Å². The lowest BCUT2D eigenvalue weighted by Crippen LogP contribution is -2.41. The first-order valence-electron chi connectivity index (χ1n) is 9.52. The van der Waals surface area contributed by atoms with E-state index in [1.54, 1.807) is 0 Å². The molecule has 0 saturated heterocycles. The van der Waals surface area contributed by atoms with Gasteiger partial charge in [0.15, 0.2) is 0 Å². The first-order valence-corrected chi connectivity index (χ1v) is 9.52. The number of isocyanates is 2. The lowest BCUT2D eigenvalue weighted by atomic mass is 10.8. The Labute approximate surface area is 229 Å². The first-order chi connectivity index (χ1) is 18.4. The van der Waals surface area contributed by atoms with Crippen LogP contribution < -0.4 is 21.3 Å². The van der Waals surface area contributed by atoms with Gasteiger partial charge in [-0.3, -0.25) is 10.5 Å². The summed E-state index contributed by atoms with van der Waals surface area (Å²) in [7, 11) is 10.5. The highest BCUT2D eigenvalue weighted by Gasteiger charge is 2.19. The fourth-order valence-corrected chi connectivity index (χ4v) is 0.984. The number of carbonyl (C=O) groups is 6. The number of amides is 8. The Morgan fingerprint density at radius 1 is 0.675 bits per heavy atom. The molecular weight excluding hydrogens is 552 g/mol. The molecule has 0 bridgehead atoms. The standard InChI is InChI=1S/C9H16N4O6.C4H8N2O4.2C2H3NO.CH4.H2O2/c1-10-6(14)12(3)8(16)18-5-19-9(17)13(4)7(15)11-2;1-5-3(7)9-10-4(8)6-2;2*1-3-2-4;;1-2/h5H2,1-4H3,(H,10,14)(H,11,15);1-2H3,(H,5,7)(H,6,8);2*1H3;1H4;1-2H. The molecule has 0 aliphatic carbocycles. The van der Waals surface area contributed by atoms with Gasteiger partial charge >= 0.3 is 36.4 Å². The molecule has 0 fully saturated rings. The zero-order valence-electron chi connectivity index (χ0n) is 22.3. The number of hydrogen-bond acceptors (Lipinski definition) is 16. The van der Waals surface area contributed by atoms with Crippen molar-refractivity contribution in [3.8, 4) is 0 Å². The predicted octanol–water partition coefficient (Wildman–Crippen LogP) is -0.0696. The van der Waals surface area contributed by atoms with Gasteiger partial charge < -0.3 is 30.7 Å². The number of aliphatic imine (C=N–C) groups is 2. The molecule has 0 saturated carbocycles. The molecule has 0 rings (SSSR count). The topological polar surface area (TPSA) is 293 Å². The summed E-state index contributed by atoms with van der Waals surface area (Å²) in [6.45, 7) is -0.722. The summed E-state index contributed by atoms with van der Waals surface area (Å²) in [5.41, 5.74) is 0. The Morgan fingerprint density at radius 3 is 1.10 bits per heavy atom. The van der Waals surface area contributed by atoms with Crippen LogP contribution in [0, 0.1) is 0 Å². The third kappa shape index (κ3) is 32.7. The average Bonchev–Trinajstić information content (AvgIpc) is 2.98. The second-order valence-corrected chi connectivity index (χ2v) is 5.04. The van der Waals surface area contributed by atoms with Gasteiger partial charge in [0.25, 0.3) is 0 Å². The van der Waals surface area contributed by atoms with Crippen molar-refractivity contribution in [1.82, 2.24) is 31.1 Å². The normalized spacial score (nSPS) is 7.25. The predicted molar refractivity (Wildman–Crippen MR) is 133 cm³/mol. The van der Waals surface area contributed by atoms with Crippen LogP contribution in [0.25, 0.3) is 0 Å². The number of nitrogens with one attached hydrogen (secondary N) is 4. The monoisotopic (exact) mass is 588 g/mol. The Balaban J connectivity index is -0.000000115.